The second kappa shape index (κ2) is 7.96. The fraction of sp³-hybridized carbons (Fsp3) is 0.667. The van der Waals surface area contributed by atoms with E-state index in [1.165, 1.54) is 6.42 Å². The van der Waals surface area contributed by atoms with E-state index in [1.807, 2.05) is 30.9 Å². The molecule has 5 nitrogen and oxygen atoms in total. The average molecular weight is 427 g/mol. The first-order valence-corrected chi connectivity index (χ1v) is 11.7. The van der Waals surface area contributed by atoms with Crippen LogP contribution in [0.5, 0.6) is 0 Å². The van der Waals surface area contributed by atoms with Crippen molar-refractivity contribution in [2.24, 2.45) is 0 Å². The van der Waals surface area contributed by atoms with Gasteiger partial charge in [0.25, 0.3) is 0 Å². The molecule has 2 bridgehead atoms. The second-order valence-corrected chi connectivity index (χ2v) is 10.9. The van der Waals surface area contributed by atoms with E-state index >= 15 is 0 Å². The Morgan fingerprint density at radius 3 is 2.50 bits per heavy atom. The zero-order valence-corrected chi connectivity index (χ0v) is 18.4. The maximum Gasteiger partial charge on any atom is 0.244 e. The number of carbonyl (C=O) groups is 1. The summed E-state index contributed by atoms with van der Waals surface area (Å²) in [5.74, 6) is -0.157. The van der Waals surface area contributed by atoms with Gasteiger partial charge in [-0.05, 0) is 63.1 Å². The Balaban J connectivity index is 0.00000225. The monoisotopic (exact) mass is 426 g/mol. The molecular formula is C21H31ClN2O3S. The van der Waals surface area contributed by atoms with Crippen LogP contribution in [0.4, 0.5) is 0 Å². The molecule has 0 radical (unpaired) electrons. The molecular weight excluding hydrogens is 396 g/mol. The minimum Gasteiger partial charge on any atom is -0.340 e. The van der Waals surface area contributed by atoms with Crippen molar-refractivity contribution in [3.63, 3.8) is 0 Å². The van der Waals surface area contributed by atoms with Gasteiger partial charge in [0.05, 0.1) is 4.90 Å². The lowest BCUT2D eigenvalue weighted by molar-refractivity contribution is -0.134. The van der Waals surface area contributed by atoms with E-state index in [-0.39, 0.29) is 18.3 Å². The van der Waals surface area contributed by atoms with Crippen molar-refractivity contribution in [1.82, 2.24) is 10.2 Å². The lowest BCUT2D eigenvalue weighted by Gasteiger charge is -2.35. The van der Waals surface area contributed by atoms with E-state index in [9.17, 15) is 13.2 Å². The molecule has 2 unspecified atom stereocenters. The van der Waals surface area contributed by atoms with Crippen molar-refractivity contribution in [2.75, 3.05) is 13.1 Å². The standard InChI is InChI=1S/C21H30N2O3S.ClH/c1-15-5-6-16(2)19(13-15)27(25,26)21(10-3-4-11-21)20(24)23-12-9-17-7-8-18(14-23)22-17;/h5-6,13,17-18,22H,3-4,7-12,14H2,1-2H3;1H. The van der Waals surface area contributed by atoms with E-state index in [0.29, 0.717) is 42.9 Å². The second-order valence-electron chi connectivity index (χ2n) is 8.65. The fourth-order valence-electron chi connectivity index (χ4n) is 5.17. The molecule has 1 amide bonds. The minimum atomic E-state index is -3.74. The van der Waals surface area contributed by atoms with Crippen molar-refractivity contribution < 1.29 is 13.2 Å². The van der Waals surface area contributed by atoms with Gasteiger partial charge >= 0.3 is 0 Å². The molecule has 2 atom stereocenters. The Labute approximate surface area is 174 Å². The molecule has 28 heavy (non-hydrogen) atoms. The van der Waals surface area contributed by atoms with Crippen LogP contribution in [0.1, 0.15) is 56.1 Å². The number of hydrogen-bond acceptors (Lipinski definition) is 4. The number of sulfone groups is 1. The maximum atomic E-state index is 13.8. The molecule has 1 aromatic rings. The molecule has 2 saturated heterocycles. The number of benzene rings is 1. The molecule has 0 aromatic heterocycles. The summed E-state index contributed by atoms with van der Waals surface area (Å²) in [5, 5.41) is 3.58. The van der Waals surface area contributed by atoms with E-state index in [1.54, 1.807) is 6.07 Å². The van der Waals surface area contributed by atoms with Crippen LogP contribution in [0.2, 0.25) is 0 Å². The SMILES string of the molecule is Cc1ccc(C)c(S(=O)(=O)C2(C(=O)N3CCC4CCC(C3)N4)CCCC2)c1.Cl. The molecule has 1 N–H and O–H groups in total. The molecule has 156 valence electrons. The molecule has 2 aliphatic heterocycles. The summed E-state index contributed by atoms with van der Waals surface area (Å²) in [6.45, 7) is 5.03. The van der Waals surface area contributed by atoms with Crippen LogP contribution in [-0.4, -0.2) is 49.1 Å². The number of aryl methyl sites for hydroxylation is 2. The summed E-state index contributed by atoms with van der Waals surface area (Å²) in [6, 6.07) is 6.30. The van der Waals surface area contributed by atoms with Gasteiger partial charge in [0, 0.05) is 25.2 Å². The molecule has 4 rings (SSSR count). The lowest BCUT2D eigenvalue weighted by Crippen LogP contribution is -2.54. The molecule has 7 heteroatoms. The van der Waals surface area contributed by atoms with Gasteiger partial charge in [0.15, 0.2) is 14.6 Å². The number of likely N-dealkylation sites (tertiary alicyclic amines) is 1. The summed E-state index contributed by atoms with van der Waals surface area (Å²) >= 11 is 0. The van der Waals surface area contributed by atoms with Gasteiger partial charge in [-0.25, -0.2) is 8.42 Å². The van der Waals surface area contributed by atoms with Crippen LogP contribution in [0.15, 0.2) is 23.1 Å². The highest BCUT2D eigenvalue weighted by Gasteiger charge is 2.55. The van der Waals surface area contributed by atoms with Crippen LogP contribution in [0.25, 0.3) is 0 Å². The van der Waals surface area contributed by atoms with Gasteiger partial charge in [-0.1, -0.05) is 25.0 Å². The van der Waals surface area contributed by atoms with Gasteiger partial charge < -0.3 is 10.2 Å². The molecule has 3 fully saturated rings. The van der Waals surface area contributed by atoms with Crippen LogP contribution in [-0.2, 0) is 14.6 Å². The van der Waals surface area contributed by atoms with E-state index in [0.717, 1.165) is 36.8 Å². The predicted molar refractivity (Wildman–Crippen MR) is 113 cm³/mol. The third-order valence-corrected chi connectivity index (χ3v) is 9.39. The van der Waals surface area contributed by atoms with E-state index in [4.69, 9.17) is 0 Å². The first kappa shape index (κ1) is 21.6. The topological polar surface area (TPSA) is 66.5 Å². The first-order valence-electron chi connectivity index (χ1n) is 10.2. The Bertz CT molecular complexity index is 849. The highest BCUT2D eigenvalue weighted by atomic mass is 35.5. The summed E-state index contributed by atoms with van der Waals surface area (Å²) in [6.07, 6.45) is 5.65. The molecule has 1 aliphatic carbocycles. The van der Waals surface area contributed by atoms with Gasteiger partial charge in [-0.15, -0.1) is 12.4 Å². The van der Waals surface area contributed by atoms with Crippen LogP contribution < -0.4 is 5.32 Å². The van der Waals surface area contributed by atoms with Crippen LogP contribution in [0, 0.1) is 13.8 Å². The van der Waals surface area contributed by atoms with Crippen molar-refractivity contribution in [2.45, 2.75) is 80.5 Å². The lowest BCUT2D eigenvalue weighted by atomic mass is 10.0. The van der Waals surface area contributed by atoms with Crippen molar-refractivity contribution in [3.05, 3.63) is 29.3 Å². The number of carbonyl (C=O) groups excluding carboxylic acids is 1. The van der Waals surface area contributed by atoms with Gasteiger partial charge in [-0.2, -0.15) is 0 Å². The number of nitrogens with zero attached hydrogens (tertiary/aromatic N) is 1. The number of rotatable bonds is 3. The Morgan fingerprint density at radius 2 is 1.79 bits per heavy atom. The summed E-state index contributed by atoms with van der Waals surface area (Å²) in [5.41, 5.74) is 1.65. The third-order valence-electron chi connectivity index (χ3n) is 6.76. The number of halogens is 1. The Hall–Kier alpha value is -1.11. The summed E-state index contributed by atoms with van der Waals surface area (Å²) in [4.78, 5) is 15.9. The molecule has 0 spiro atoms. The van der Waals surface area contributed by atoms with Crippen LogP contribution in [0.3, 0.4) is 0 Å². The minimum absolute atomic E-state index is 0. The normalized spacial score (nSPS) is 26.6. The zero-order valence-electron chi connectivity index (χ0n) is 16.7. The number of nitrogens with one attached hydrogen (secondary N) is 1. The zero-order chi connectivity index (χ0) is 19.2. The van der Waals surface area contributed by atoms with Crippen molar-refractivity contribution in [1.29, 1.82) is 0 Å². The van der Waals surface area contributed by atoms with Gasteiger partial charge in [-0.3, -0.25) is 4.79 Å². The summed E-state index contributed by atoms with van der Waals surface area (Å²) < 4.78 is 26.3. The van der Waals surface area contributed by atoms with Gasteiger partial charge in [0.2, 0.25) is 5.91 Å². The average Bonchev–Trinajstić information content (AvgIpc) is 3.24. The van der Waals surface area contributed by atoms with Crippen molar-refractivity contribution in [3.8, 4) is 0 Å². The predicted octanol–water partition coefficient (Wildman–Crippen LogP) is 3.16. The number of amides is 1. The highest BCUT2D eigenvalue weighted by molar-refractivity contribution is 7.93. The molecule has 3 aliphatic rings. The summed E-state index contributed by atoms with van der Waals surface area (Å²) in [7, 11) is -3.74. The third kappa shape index (κ3) is 3.48. The highest BCUT2D eigenvalue weighted by Crippen LogP contribution is 2.43. The maximum absolute atomic E-state index is 13.8. The van der Waals surface area contributed by atoms with Crippen LogP contribution >= 0.6 is 12.4 Å². The molecule has 2 heterocycles. The first-order chi connectivity index (χ1) is 12.8. The van der Waals surface area contributed by atoms with E-state index in [2.05, 4.69) is 5.32 Å². The quantitative estimate of drug-likeness (QED) is 0.806. The molecule has 1 aromatic carbocycles. The Morgan fingerprint density at radius 1 is 1.11 bits per heavy atom. The number of hydrogen-bond donors (Lipinski definition) is 1. The number of fused-ring (bicyclic) bond motifs is 2. The smallest absolute Gasteiger partial charge is 0.244 e. The van der Waals surface area contributed by atoms with Gasteiger partial charge in [0.1, 0.15) is 0 Å². The Kier molecular flexibility index (Phi) is 6.14. The van der Waals surface area contributed by atoms with E-state index < -0.39 is 14.6 Å². The van der Waals surface area contributed by atoms with Crippen molar-refractivity contribution >= 4 is 28.2 Å². The fourth-order valence-corrected chi connectivity index (χ4v) is 7.61. The molecule has 1 saturated carbocycles. The largest absolute Gasteiger partial charge is 0.340 e.